The van der Waals surface area contributed by atoms with Gasteiger partial charge in [-0.2, -0.15) is 0 Å². The fourth-order valence-electron chi connectivity index (χ4n) is 1.94. The molecule has 3 N–H and O–H groups in total. The number of ketones is 1. The summed E-state index contributed by atoms with van der Waals surface area (Å²) < 4.78 is 0. The molecule has 0 amide bonds. The molecule has 0 aliphatic carbocycles. The van der Waals surface area contributed by atoms with Crippen LogP contribution in [0.5, 0.6) is 5.75 Å². The molecule has 0 aromatic heterocycles. The molecular formula is C14H21NO2. The van der Waals surface area contributed by atoms with E-state index in [2.05, 4.69) is 13.8 Å². The summed E-state index contributed by atoms with van der Waals surface area (Å²) in [6.45, 7) is 4.57. The van der Waals surface area contributed by atoms with Crippen LogP contribution in [-0.2, 0) is 11.2 Å². The van der Waals surface area contributed by atoms with Crippen molar-refractivity contribution in [1.29, 1.82) is 0 Å². The van der Waals surface area contributed by atoms with Crippen LogP contribution < -0.4 is 5.73 Å². The van der Waals surface area contributed by atoms with E-state index < -0.39 is 0 Å². The highest BCUT2D eigenvalue weighted by atomic mass is 16.3. The molecule has 0 fully saturated rings. The van der Waals surface area contributed by atoms with Crippen molar-refractivity contribution in [1.82, 2.24) is 0 Å². The molecule has 0 aliphatic rings. The normalized spacial score (nSPS) is 12.7. The number of hydrogen-bond donors (Lipinski definition) is 2. The Morgan fingerprint density at radius 2 is 2.12 bits per heavy atom. The molecule has 0 saturated heterocycles. The lowest BCUT2D eigenvalue weighted by Crippen LogP contribution is -2.26. The summed E-state index contributed by atoms with van der Waals surface area (Å²) in [6.07, 6.45) is 1.18. The molecular weight excluding hydrogens is 214 g/mol. The van der Waals surface area contributed by atoms with Crippen molar-refractivity contribution in [2.45, 2.75) is 26.7 Å². The predicted octanol–water partition coefficient (Wildman–Crippen LogP) is 2.12. The Morgan fingerprint density at radius 3 is 2.65 bits per heavy atom. The Kier molecular flexibility index (Phi) is 5.16. The van der Waals surface area contributed by atoms with Gasteiger partial charge in [0.25, 0.3) is 0 Å². The molecule has 1 atom stereocenters. The first-order chi connectivity index (χ1) is 8.02. The molecule has 94 valence electrons. The number of aromatic hydroxyl groups is 1. The third-order valence-electron chi connectivity index (χ3n) is 2.78. The highest BCUT2D eigenvalue weighted by Crippen LogP contribution is 2.16. The Labute approximate surface area is 103 Å². The third-order valence-corrected chi connectivity index (χ3v) is 2.78. The first-order valence-electron chi connectivity index (χ1n) is 6.03. The second-order valence-electron chi connectivity index (χ2n) is 4.88. The van der Waals surface area contributed by atoms with Gasteiger partial charge in [0.05, 0.1) is 0 Å². The second kappa shape index (κ2) is 6.40. The summed E-state index contributed by atoms with van der Waals surface area (Å²) in [6, 6.07) is 6.82. The van der Waals surface area contributed by atoms with Crippen molar-refractivity contribution in [2.24, 2.45) is 17.6 Å². The SMILES string of the molecule is CC(C)CC(CN)C(=O)Cc1cccc(O)c1. The monoisotopic (exact) mass is 235 g/mol. The molecule has 0 aliphatic heterocycles. The molecule has 0 spiro atoms. The third kappa shape index (κ3) is 4.57. The van der Waals surface area contributed by atoms with Gasteiger partial charge in [0, 0.05) is 18.9 Å². The highest BCUT2D eigenvalue weighted by Gasteiger charge is 2.18. The summed E-state index contributed by atoms with van der Waals surface area (Å²) in [5, 5.41) is 9.33. The molecule has 1 unspecified atom stereocenters. The quantitative estimate of drug-likeness (QED) is 0.794. The first kappa shape index (κ1) is 13.7. The van der Waals surface area contributed by atoms with Gasteiger partial charge in [0.1, 0.15) is 11.5 Å². The van der Waals surface area contributed by atoms with E-state index in [1.165, 1.54) is 0 Å². The van der Waals surface area contributed by atoms with E-state index in [0.29, 0.717) is 18.9 Å². The van der Waals surface area contributed by atoms with Crippen molar-refractivity contribution >= 4 is 5.78 Å². The highest BCUT2D eigenvalue weighted by molar-refractivity contribution is 5.83. The summed E-state index contributed by atoms with van der Waals surface area (Å²) >= 11 is 0. The Morgan fingerprint density at radius 1 is 1.41 bits per heavy atom. The maximum absolute atomic E-state index is 12.0. The summed E-state index contributed by atoms with van der Waals surface area (Å²) in [7, 11) is 0. The zero-order valence-electron chi connectivity index (χ0n) is 10.5. The van der Waals surface area contributed by atoms with E-state index >= 15 is 0 Å². The average molecular weight is 235 g/mol. The van der Waals surface area contributed by atoms with Crippen LogP contribution >= 0.6 is 0 Å². The van der Waals surface area contributed by atoms with E-state index in [0.717, 1.165) is 12.0 Å². The fourth-order valence-corrected chi connectivity index (χ4v) is 1.94. The molecule has 3 heteroatoms. The number of carbonyl (C=O) groups excluding carboxylic acids is 1. The number of benzene rings is 1. The number of phenols is 1. The number of nitrogens with two attached hydrogens (primary N) is 1. The van der Waals surface area contributed by atoms with Crippen LogP contribution in [0.3, 0.4) is 0 Å². The lowest BCUT2D eigenvalue weighted by molar-refractivity contribution is -0.122. The Balaban J connectivity index is 2.64. The van der Waals surface area contributed by atoms with Crippen molar-refractivity contribution in [3.63, 3.8) is 0 Å². The molecule has 1 aromatic rings. The summed E-state index contributed by atoms with van der Waals surface area (Å²) in [5.74, 6) is 0.754. The standard InChI is InChI=1S/C14H21NO2/c1-10(2)6-12(9-15)14(17)8-11-4-3-5-13(16)7-11/h3-5,7,10,12,16H,6,8-9,15H2,1-2H3. The zero-order chi connectivity index (χ0) is 12.8. The van der Waals surface area contributed by atoms with Gasteiger partial charge in [0.15, 0.2) is 0 Å². The van der Waals surface area contributed by atoms with Gasteiger partial charge >= 0.3 is 0 Å². The molecule has 0 radical (unpaired) electrons. The van der Waals surface area contributed by atoms with Crippen LogP contribution in [0.25, 0.3) is 0 Å². The zero-order valence-corrected chi connectivity index (χ0v) is 10.5. The van der Waals surface area contributed by atoms with Crippen molar-refractivity contribution in [3.05, 3.63) is 29.8 Å². The van der Waals surface area contributed by atoms with Gasteiger partial charge in [-0.15, -0.1) is 0 Å². The lowest BCUT2D eigenvalue weighted by atomic mass is 9.90. The van der Waals surface area contributed by atoms with Crippen LogP contribution in [0.15, 0.2) is 24.3 Å². The molecule has 1 aromatic carbocycles. The maximum atomic E-state index is 12.0. The van der Waals surface area contributed by atoms with Crippen LogP contribution in [0.2, 0.25) is 0 Å². The number of rotatable bonds is 6. The van der Waals surface area contributed by atoms with Gasteiger partial charge in [-0.3, -0.25) is 4.79 Å². The van der Waals surface area contributed by atoms with Crippen molar-refractivity contribution in [3.8, 4) is 5.75 Å². The van der Waals surface area contributed by atoms with Crippen LogP contribution in [-0.4, -0.2) is 17.4 Å². The maximum Gasteiger partial charge on any atom is 0.141 e. The molecule has 1 rings (SSSR count). The Hall–Kier alpha value is -1.35. The van der Waals surface area contributed by atoms with E-state index in [9.17, 15) is 9.90 Å². The van der Waals surface area contributed by atoms with Crippen molar-refractivity contribution in [2.75, 3.05) is 6.54 Å². The first-order valence-corrected chi connectivity index (χ1v) is 6.03. The number of hydrogen-bond acceptors (Lipinski definition) is 3. The molecule has 3 nitrogen and oxygen atoms in total. The van der Waals surface area contributed by atoms with E-state index in [1.807, 2.05) is 6.07 Å². The lowest BCUT2D eigenvalue weighted by Gasteiger charge is -2.15. The van der Waals surface area contributed by atoms with Gasteiger partial charge < -0.3 is 10.8 Å². The van der Waals surface area contributed by atoms with Gasteiger partial charge in [-0.05, 0) is 30.0 Å². The largest absolute Gasteiger partial charge is 0.508 e. The van der Waals surface area contributed by atoms with Gasteiger partial charge in [-0.25, -0.2) is 0 Å². The minimum absolute atomic E-state index is 0.0719. The number of phenolic OH excluding ortho intramolecular Hbond substituents is 1. The van der Waals surface area contributed by atoms with Crippen LogP contribution in [0, 0.1) is 11.8 Å². The average Bonchev–Trinajstić information content (AvgIpc) is 2.25. The Bertz CT molecular complexity index is 374. The molecule has 17 heavy (non-hydrogen) atoms. The minimum atomic E-state index is -0.0719. The van der Waals surface area contributed by atoms with Crippen molar-refractivity contribution < 1.29 is 9.90 Å². The molecule has 0 bridgehead atoms. The summed E-state index contributed by atoms with van der Waals surface area (Å²) in [4.78, 5) is 12.0. The fraction of sp³-hybridized carbons (Fsp3) is 0.500. The van der Waals surface area contributed by atoms with E-state index in [-0.39, 0.29) is 17.5 Å². The molecule has 0 saturated carbocycles. The van der Waals surface area contributed by atoms with E-state index in [4.69, 9.17) is 5.73 Å². The van der Waals surface area contributed by atoms with E-state index in [1.54, 1.807) is 18.2 Å². The van der Waals surface area contributed by atoms with Crippen LogP contribution in [0.1, 0.15) is 25.8 Å². The predicted molar refractivity (Wildman–Crippen MR) is 68.8 cm³/mol. The van der Waals surface area contributed by atoms with Crippen LogP contribution in [0.4, 0.5) is 0 Å². The topological polar surface area (TPSA) is 63.3 Å². The minimum Gasteiger partial charge on any atom is -0.508 e. The molecule has 0 heterocycles. The number of carbonyl (C=O) groups is 1. The second-order valence-corrected chi connectivity index (χ2v) is 4.88. The van der Waals surface area contributed by atoms with Gasteiger partial charge in [0.2, 0.25) is 0 Å². The van der Waals surface area contributed by atoms with Gasteiger partial charge in [-0.1, -0.05) is 26.0 Å². The summed E-state index contributed by atoms with van der Waals surface area (Å²) in [5.41, 5.74) is 6.48. The number of Topliss-reactive ketones (excluding diaryl/α,β-unsaturated/α-hetero) is 1. The smallest absolute Gasteiger partial charge is 0.141 e.